The monoisotopic (exact) mass is 297 g/mol. The van der Waals surface area contributed by atoms with Crippen LogP contribution in [0.3, 0.4) is 0 Å². The van der Waals surface area contributed by atoms with Crippen LogP contribution in [0.1, 0.15) is 33.1 Å². The molecule has 0 spiro atoms. The number of nitrogens with zero attached hydrogens (tertiary/aromatic N) is 2. The fraction of sp³-hybridized carbons (Fsp3) is 0.786. The Hall–Kier alpha value is -1.79. The van der Waals surface area contributed by atoms with E-state index in [-0.39, 0.29) is 11.8 Å². The van der Waals surface area contributed by atoms with Gasteiger partial charge in [0.15, 0.2) is 5.96 Å². The highest BCUT2D eigenvalue weighted by Gasteiger charge is 2.23. The SMILES string of the molecule is CCNC(=NCCNC(C)=O)N1CCCC(CC(N)=O)C1. The summed E-state index contributed by atoms with van der Waals surface area (Å²) in [5.74, 6) is 0.858. The Morgan fingerprint density at radius 2 is 2.14 bits per heavy atom. The second-order valence-corrected chi connectivity index (χ2v) is 5.34. The van der Waals surface area contributed by atoms with Crippen LogP contribution < -0.4 is 16.4 Å². The topological polar surface area (TPSA) is 99.8 Å². The predicted octanol–water partition coefficient (Wildman–Crippen LogP) is -0.325. The zero-order valence-electron chi connectivity index (χ0n) is 13.0. The summed E-state index contributed by atoms with van der Waals surface area (Å²) in [6.45, 7) is 7.11. The van der Waals surface area contributed by atoms with Gasteiger partial charge >= 0.3 is 0 Å². The van der Waals surface area contributed by atoms with Crippen LogP contribution in [-0.2, 0) is 9.59 Å². The Kier molecular flexibility index (Phi) is 7.56. The van der Waals surface area contributed by atoms with Gasteiger partial charge in [-0.1, -0.05) is 0 Å². The standard InChI is InChI=1S/C14H27N5O2/c1-3-16-14(18-7-6-17-11(2)20)19-8-4-5-12(10-19)9-13(15)21/h12H,3-10H2,1-2H3,(H2,15,21)(H,16,18)(H,17,20). The van der Waals surface area contributed by atoms with Gasteiger partial charge in [-0.15, -0.1) is 0 Å². The molecular formula is C14H27N5O2. The number of nitrogens with one attached hydrogen (secondary N) is 2. The number of likely N-dealkylation sites (tertiary alicyclic amines) is 1. The lowest BCUT2D eigenvalue weighted by atomic mass is 9.95. The summed E-state index contributed by atoms with van der Waals surface area (Å²) in [5.41, 5.74) is 5.29. The van der Waals surface area contributed by atoms with Crippen molar-refractivity contribution in [3.05, 3.63) is 0 Å². The number of rotatable bonds is 6. The van der Waals surface area contributed by atoms with E-state index in [4.69, 9.17) is 5.73 Å². The molecule has 7 nitrogen and oxygen atoms in total. The molecule has 0 saturated carbocycles. The van der Waals surface area contributed by atoms with E-state index in [1.54, 1.807) is 0 Å². The average Bonchev–Trinajstić information content (AvgIpc) is 2.41. The number of carbonyl (C=O) groups is 2. The normalized spacial score (nSPS) is 19.2. The van der Waals surface area contributed by atoms with E-state index in [2.05, 4.69) is 20.5 Å². The number of piperidine rings is 1. The molecule has 120 valence electrons. The summed E-state index contributed by atoms with van der Waals surface area (Å²) in [5, 5.41) is 5.99. The summed E-state index contributed by atoms with van der Waals surface area (Å²) in [4.78, 5) is 28.6. The van der Waals surface area contributed by atoms with Crippen LogP contribution in [-0.4, -0.2) is 55.4 Å². The first-order valence-corrected chi connectivity index (χ1v) is 7.59. The fourth-order valence-corrected chi connectivity index (χ4v) is 2.53. The predicted molar refractivity (Wildman–Crippen MR) is 82.8 cm³/mol. The minimum atomic E-state index is -0.241. The maximum absolute atomic E-state index is 11.1. The van der Waals surface area contributed by atoms with Crippen molar-refractivity contribution in [2.24, 2.45) is 16.6 Å². The maximum Gasteiger partial charge on any atom is 0.217 e. The Labute approximate surface area is 126 Å². The van der Waals surface area contributed by atoms with Crippen molar-refractivity contribution in [1.82, 2.24) is 15.5 Å². The minimum Gasteiger partial charge on any atom is -0.370 e. The molecule has 1 rings (SSSR count). The van der Waals surface area contributed by atoms with Crippen molar-refractivity contribution >= 4 is 17.8 Å². The summed E-state index contributed by atoms with van der Waals surface area (Å²) in [7, 11) is 0. The third kappa shape index (κ3) is 6.97. The highest BCUT2D eigenvalue weighted by molar-refractivity contribution is 5.80. The van der Waals surface area contributed by atoms with Gasteiger partial charge in [-0.25, -0.2) is 0 Å². The molecule has 0 radical (unpaired) electrons. The Morgan fingerprint density at radius 3 is 2.76 bits per heavy atom. The molecule has 21 heavy (non-hydrogen) atoms. The van der Waals surface area contributed by atoms with Crippen LogP contribution in [0.4, 0.5) is 0 Å². The molecule has 1 unspecified atom stereocenters. The highest BCUT2D eigenvalue weighted by atomic mass is 16.1. The molecule has 1 saturated heterocycles. The molecule has 4 N–H and O–H groups in total. The molecule has 1 aliphatic rings. The van der Waals surface area contributed by atoms with Crippen LogP contribution in [0.15, 0.2) is 4.99 Å². The van der Waals surface area contributed by atoms with Gasteiger partial charge in [0.2, 0.25) is 11.8 Å². The molecule has 1 fully saturated rings. The van der Waals surface area contributed by atoms with Crippen molar-refractivity contribution in [2.75, 3.05) is 32.7 Å². The summed E-state index contributed by atoms with van der Waals surface area (Å²) in [6, 6.07) is 0. The average molecular weight is 297 g/mol. The molecule has 0 aliphatic carbocycles. The van der Waals surface area contributed by atoms with Gasteiger partial charge in [0.25, 0.3) is 0 Å². The number of guanidine groups is 1. The molecule has 7 heteroatoms. The number of nitrogens with two attached hydrogens (primary N) is 1. The lowest BCUT2D eigenvalue weighted by Gasteiger charge is -2.34. The number of aliphatic imine (C=N–C) groups is 1. The van der Waals surface area contributed by atoms with Crippen molar-refractivity contribution in [2.45, 2.75) is 33.1 Å². The second-order valence-electron chi connectivity index (χ2n) is 5.34. The van der Waals surface area contributed by atoms with Gasteiger partial charge in [-0.3, -0.25) is 14.6 Å². The highest BCUT2D eigenvalue weighted by Crippen LogP contribution is 2.19. The first-order chi connectivity index (χ1) is 10.0. The first-order valence-electron chi connectivity index (χ1n) is 7.59. The largest absolute Gasteiger partial charge is 0.370 e. The molecule has 2 amide bonds. The summed E-state index contributed by atoms with van der Waals surface area (Å²) >= 11 is 0. The zero-order valence-corrected chi connectivity index (χ0v) is 13.0. The molecular weight excluding hydrogens is 270 g/mol. The van der Waals surface area contributed by atoms with Crippen LogP contribution in [0, 0.1) is 5.92 Å². The quantitative estimate of drug-likeness (QED) is 0.355. The van der Waals surface area contributed by atoms with Crippen LogP contribution in [0.5, 0.6) is 0 Å². The zero-order chi connectivity index (χ0) is 15.7. The number of amides is 2. The lowest BCUT2D eigenvalue weighted by Crippen LogP contribution is -2.47. The van der Waals surface area contributed by atoms with Gasteiger partial charge in [0.1, 0.15) is 0 Å². The van der Waals surface area contributed by atoms with Crippen molar-refractivity contribution in [3.8, 4) is 0 Å². The van der Waals surface area contributed by atoms with Crippen LogP contribution >= 0.6 is 0 Å². The van der Waals surface area contributed by atoms with Crippen molar-refractivity contribution in [1.29, 1.82) is 0 Å². The number of hydrogen-bond donors (Lipinski definition) is 3. The molecule has 0 aromatic carbocycles. The molecule has 1 heterocycles. The van der Waals surface area contributed by atoms with Gasteiger partial charge in [0.05, 0.1) is 6.54 Å². The molecule has 0 aromatic rings. The molecule has 1 aliphatic heterocycles. The third-order valence-corrected chi connectivity index (χ3v) is 3.39. The summed E-state index contributed by atoms with van der Waals surface area (Å²) < 4.78 is 0. The fourth-order valence-electron chi connectivity index (χ4n) is 2.53. The molecule has 0 aromatic heterocycles. The minimum absolute atomic E-state index is 0.0466. The summed E-state index contributed by atoms with van der Waals surface area (Å²) in [6.07, 6.45) is 2.50. The molecule has 1 atom stereocenters. The van der Waals surface area contributed by atoms with Crippen LogP contribution in [0.2, 0.25) is 0 Å². The maximum atomic E-state index is 11.1. The van der Waals surface area contributed by atoms with E-state index in [9.17, 15) is 9.59 Å². The first kappa shape index (κ1) is 17.3. The Bertz CT molecular complexity index is 384. The van der Waals surface area contributed by atoms with Gasteiger partial charge < -0.3 is 21.3 Å². The Balaban J connectivity index is 2.55. The number of carbonyl (C=O) groups excluding carboxylic acids is 2. The van der Waals surface area contributed by atoms with Crippen molar-refractivity contribution in [3.63, 3.8) is 0 Å². The van der Waals surface area contributed by atoms with Gasteiger partial charge in [-0.05, 0) is 25.7 Å². The van der Waals surface area contributed by atoms with E-state index < -0.39 is 0 Å². The van der Waals surface area contributed by atoms with Gasteiger partial charge in [-0.2, -0.15) is 0 Å². The number of primary amides is 1. The van der Waals surface area contributed by atoms with E-state index in [0.29, 0.717) is 25.4 Å². The van der Waals surface area contributed by atoms with E-state index >= 15 is 0 Å². The third-order valence-electron chi connectivity index (χ3n) is 3.39. The van der Waals surface area contributed by atoms with E-state index in [1.807, 2.05) is 6.92 Å². The van der Waals surface area contributed by atoms with Crippen LogP contribution in [0.25, 0.3) is 0 Å². The second kappa shape index (κ2) is 9.20. The van der Waals surface area contributed by atoms with E-state index in [0.717, 1.165) is 38.4 Å². The lowest BCUT2D eigenvalue weighted by molar-refractivity contribution is -0.119. The molecule has 0 bridgehead atoms. The van der Waals surface area contributed by atoms with E-state index in [1.165, 1.54) is 6.92 Å². The van der Waals surface area contributed by atoms with Crippen molar-refractivity contribution < 1.29 is 9.59 Å². The number of hydrogen-bond acceptors (Lipinski definition) is 3. The Morgan fingerprint density at radius 1 is 1.38 bits per heavy atom. The van der Waals surface area contributed by atoms with Gasteiger partial charge in [0, 0.05) is 39.5 Å². The smallest absolute Gasteiger partial charge is 0.217 e.